The van der Waals surface area contributed by atoms with Gasteiger partial charge in [0, 0.05) is 38.8 Å². The summed E-state index contributed by atoms with van der Waals surface area (Å²) in [6.45, 7) is 13.9. The summed E-state index contributed by atoms with van der Waals surface area (Å²) in [7, 11) is 0. The van der Waals surface area contributed by atoms with Crippen molar-refractivity contribution in [2.24, 2.45) is 5.92 Å². The van der Waals surface area contributed by atoms with Crippen LogP contribution in [0.25, 0.3) is 0 Å². The Morgan fingerprint density at radius 1 is 1.16 bits per heavy atom. The van der Waals surface area contributed by atoms with E-state index in [1.54, 1.807) is 0 Å². The summed E-state index contributed by atoms with van der Waals surface area (Å²) in [5.41, 5.74) is 0. The zero-order valence-corrected chi connectivity index (χ0v) is 14.1. The minimum atomic E-state index is 0. The van der Waals surface area contributed by atoms with Gasteiger partial charge in [0.2, 0.25) is 5.91 Å². The molecule has 1 aliphatic rings. The predicted octanol–water partition coefficient (Wildman–Crippen LogP) is 1.63. The maximum atomic E-state index is 12.3. The first kappa shape index (κ1) is 21.3. The third-order valence-corrected chi connectivity index (χ3v) is 3.07. The Balaban J connectivity index is 0. The van der Waals surface area contributed by atoms with Gasteiger partial charge >= 0.3 is 0 Å². The number of hydrogen-bond donors (Lipinski definition) is 1. The average molecular weight is 314 g/mol. The lowest BCUT2D eigenvalue weighted by atomic mass is 10.1. The molecule has 0 saturated carbocycles. The Bertz CT molecular complexity index is 244. The Morgan fingerprint density at radius 3 is 2.11 bits per heavy atom. The van der Waals surface area contributed by atoms with Crippen LogP contribution in [-0.2, 0) is 4.79 Å². The maximum absolute atomic E-state index is 12.3. The van der Waals surface area contributed by atoms with Crippen molar-refractivity contribution in [3.63, 3.8) is 0 Å². The zero-order chi connectivity index (χ0) is 12.8. The van der Waals surface area contributed by atoms with E-state index in [4.69, 9.17) is 0 Å². The molecule has 1 rings (SSSR count). The van der Waals surface area contributed by atoms with Crippen LogP contribution >= 0.6 is 24.8 Å². The molecule has 0 radical (unpaired) electrons. The number of piperazine rings is 1. The first-order valence-electron chi connectivity index (χ1n) is 6.73. The monoisotopic (exact) mass is 313 g/mol. The van der Waals surface area contributed by atoms with Crippen molar-refractivity contribution in [2.45, 2.75) is 33.7 Å². The lowest BCUT2D eigenvalue weighted by molar-refractivity contribution is -0.134. The van der Waals surface area contributed by atoms with Gasteiger partial charge in [-0.3, -0.25) is 9.69 Å². The van der Waals surface area contributed by atoms with Crippen molar-refractivity contribution in [2.75, 3.05) is 39.3 Å². The van der Waals surface area contributed by atoms with Gasteiger partial charge in [-0.1, -0.05) is 13.8 Å². The number of halogens is 2. The number of carbonyl (C=O) groups is 1. The minimum Gasteiger partial charge on any atom is -0.339 e. The molecule has 1 saturated heterocycles. The summed E-state index contributed by atoms with van der Waals surface area (Å²) in [5.74, 6) is 0.806. The molecule has 19 heavy (non-hydrogen) atoms. The third kappa shape index (κ3) is 7.98. The van der Waals surface area contributed by atoms with E-state index < -0.39 is 0 Å². The number of rotatable bonds is 5. The SMILES string of the molecule is CC(C)CN(C(=O)CN1CCNCC1)C(C)C.Cl.Cl. The molecule has 0 aliphatic carbocycles. The highest BCUT2D eigenvalue weighted by atomic mass is 35.5. The van der Waals surface area contributed by atoms with Gasteiger partial charge in [-0.2, -0.15) is 0 Å². The van der Waals surface area contributed by atoms with Crippen molar-refractivity contribution in [1.29, 1.82) is 0 Å². The van der Waals surface area contributed by atoms with Gasteiger partial charge in [0.1, 0.15) is 0 Å². The van der Waals surface area contributed by atoms with E-state index in [1.807, 2.05) is 4.90 Å². The highest BCUT2D eigenvalue weighted by Gasteiger charge is 2.21. The molecular weight excluding hydrogens is 285 g/mol. The fourth-order valence-electron chi connectivity index (χ4n) is 2.15. The van der Waals surface area contributed by atoms with E-state index in [0.29, 0.717) is 18.5 Å². The van der Waals surface area contributed by atoms with Crippen molar-refractivity contribution in [3.05, 3.63) is 0 Å². The van der Waals surface area contributed by atoms with Gasteiger partial charge in [0.05, 0.1) is 6.54 Å². The number of amides is 1. The standard InChI is InChI=1S/C13H27N3O.2ClH/c1-11(2)9-16(12(3)4)13(17)10-15-7-5-14-6-8-15;;/h11-12,14H,5-10H2,1-4H3;2*1H. The summed E-state index contributed by atoms with van der Waals surface area (Å²) >= 11 is 0. The zero-order valence-electron chi connectivity index (χ0n) is 12.5. The van der Waals surface area contributed by atoms with Crippen LogP contribution in [0.5, 0.6) is 0 Å². The Morgan fingerprint density at radius 2 is 1.68 bits per heavy atom. The molecule has 0 unspecified atom stereocenters. The van der Waals surface area contributed by atoms with E-state index in [2.05, 4.69) is 37.9 Å². The molecule has 0 bridgehead atoms. The van der Waals surface area contributed by atoms with Crippen LogP contribution in [0.4, 0.5) is 0 Å². The quantitative estimate of drug-likeness (QED) is 0.838. The van der Waals surface area contributed by atoms with Crippen molar-refractivity contribution >= 4 is 30.7 Å². The second kappa shape index (κ2) is 10.7. The molecule has 1 amide bonds. The molecule has 0 aromatic heterocycles. The van der Waals surface area contributed by atoms with Crippen LogP contribution in [0.2, 0.25) is 0 Å². The summed E-state index contributed by atoms with van der Waals surface area (Å²) in [6, 6.07) is 0.299. The Labute approximate surface area is 130 Å². The highest BCUT2D eigenvalue weighted by molar-refractivity contribution is 5.85. The van der Waals surface area contributed by atoms with Crippen molar-refractivity contribution in [1.82, 2.24) is 15.1 Å². The molecule has 116 valence electrons. The van der Waals surface area contributed by atoms with Gasteiger partial charge in [0.25, 0.3) is 0 Å². The van der Waals surface area contributed by atoms with Gasteiger partial charge in [-0.25, -0.2) is 0 Å². The molecule has 1 N–H and O–H groups in total. The lowest BCUT2D eigenvalue weighted by Crippen LogP contribution is -2.50. The fourth-order valence-corrected chi connectivity index (χ4v) is 2.15. The van der Waals surface area contributed by atoms with Crippen LogP contribution in [0.1, 0.15) is 27.7 Å². The van der Waals surface area contributed by atoms with Crippen molar-refractivity contribution in [3.8, 4) is 0 Å². The van der Waals surface area contributed by atoms with Crippen LogP contribution in [0.15, 0.2) is 0 Å². The predicted molar refractivity (Wildman–Crippen MR) is 85.5 cm³/mol. The molecule has 1 aliphatic heterocycles. The largest absolute Gasteiger partial charge is 0.339 e. The van der Waals surface area contributed by atoms with E-state index in [1.165, 1.54) is 0 Å². The van der Waals surface area contributed by atoms with E-state index >= 15 is 0 Å². The van der Waals surface area contributed by atoms with E-state index in [0.717, 1.165) is 32.7 Å². The van der Waals surface area contributed by atoms with E-state index in [-0.39, 0.29) is 30.7 Å². The normalized spacial score (nSPS) is 15.9. The summed E-state index contributed by atoms with van der Waals surface area (Å²) in [4.78, 5) is 16.5. The molecular formula is C13H29Cl2N3O. The number of nitrogens with zero attached hydrogens (tertiary/aromatic N) is 2. The summed E-state index contributed by atoms with van der Waals surface area (Å²) in [6.07, 6.45) is 0. The topological polar surface area (TPSA) is 35.6 Å². The van der Waals surface area contributed by atoms with E-state index in [9.17, 15) is 4.79 Å². The smallest absolute Gasteiger partial charge is 0.236 e. The number of nitrogens with one attached hydrogen (secondary N) is 1. The third-order valence-electron chi connectivity index (χ3n) is 3.07. The first-order valence-corrected chi connectivity index (χ1v) is 6.73. The Kier molecular flexibility index (Phi) is 12.0. The maximum Gasteiger partial charge on any atom is 0.236 e. The molecule has 1 heterocycles. The molecule has 6 heteroatoms. The van der Waals surface area contributed by atoms with Gasteiger partial charge in [-0.15, -0.1) is 24.8 Å². The summed E-state index contributed by atoms with van der Waals surface area (Å²) < 4.78 is 0. The van der Waals surface area contributed by atoms with Crippen LogP contribution < -0.4 is 5.32 Å². The second-order valence-corrected chi connectivity index (χ2v) is 5.56. The molecule has 1 fully saturated rings. The number of carbonyl (C=O) groups excluding carboxylic acids is 1. The first-order chi connectivity index (χ1) is 8.00. The minimum absolute atomic E-state index is 0. The van der Waals surface area contributed by atoms with Crippen molar-refractivity contribution < 1.29 is 4.79 Å². The second-order valence-electron chi connectivity index (χ2n) is 5.56. The lowest BCUT2D eigenvalue weighted by Gasteiger charge is -2.33. The highest BCUT2D eigenvalue weighted by Crippen LogP contribution is 2.06. The summed E-state index contributed by atoms with van der Waals surface area (Å²) in [5, 5.41) is 3.31. The van der Waals surface area contributed by atoms with Gasteiger partial charge < -0.3 is 10.2 Å². The Hall–Kier alpha value is -0.0300. The van der Waals surface area contributed by atoms with Gasteiger partial charge in [-0.05, 0) is 19.8 Å². The van der Waals surface area contributed by atoms with Crippen LogP contribution in [0, 0.1) is 5.92 Å². The average Bonchev–Trinajstić information content (AvgIpc) is 2.26. The van der Waals surface area contributed by atoms with Gasteiger partial charge in [0.15, 0.2) is 0 Å². The molecule has 0 spiro atoms. The molecule has 0 atom stereocenters. The molecule has 0 aromatic carbocycles. The number of hydrogen-bond acceptors (Lipinski definition) is 3. The van der Waals surface area contributed by atoms with Crippen LogP contribution in [-0.4, -0.2) is 61.0 Å². The fraction of sp³-hybridized carbons (Fsp3) is 0.923. The molecule has 4 nitrogen and oxygen atoms in total. The van der Waals surface area contributed by atoms with Crippen LogP contribution in [0.3, 0.4) is 0 Å². The molecule has 0 aromatic rings.